The Balaban J connectivity index is 1.54. The van der Waals surface area contributed by atoms with Crippen molar-refractivity contribution in [3.05, 3.63) is 59.9 Å². The van der Waals surface area contributed by atoms with Gasteiger partial charge in [0.15, 0.2) is 15.0 Å². The first kappa shape index (κ1) is 19.9. The van der Waals surface area contributed by atoms with Crippen LogP contribution in [0.25, 0.3) is 0 Å². The molecule has 0 radical (unpaired) electrons. The van der Waals surface area contributed by atoms with Crippen LogP contribution in [0.3, 0.4) is 0 Å². The van der Waals surface area contributed by atoms with Gasteiger partial charge in [-0.25, -0.2) is 12.8 Å². The average Bonchev–Trinajstić information content (AvgIpc) is 3.17. The van der Waals surface area contributed by atoms with E-state index in [1.165, 1.54) is 17.8 Å². The van der Waals surface area contributed by atoms with Crippen molar-refractivity contribution in [2.24, 2.45) is 4.99 Å². The maximum absolute atomic E-state index is 13.8. The van der Waals surface area contributed by atoms with Crippen molar-refractivity contribution >= 4 is 44.0 Å². The summed E-state index contributed by atoms with van der Waals surface area (Å²) in [5, 5.41) is 3.23. The molecule has 0 aliphatic carbocycles. The number of carbonyl (C=O) groups is 1. The highest BCUT2D eigenvalue weighted by Crippen LogP contribution is 2.36. The molecule has 0 unspecified atom stereocenters. The summed E-state index contributed by atoms with van der Waals surface area (Å²) < 4.78 is 37.4. The van der Waals surface area contributed by atoms with Gasteiger partial charge in [-0.3, -0.25) is 9.79 Å². The Morgan fingerprint density at radius 3 is 2.69 bits per heavy atom. The van der Waals surface area contributed by atoms with Crippen molar-refractivity contribution in [3.8, 4) is 0 Å². The largest absolute Gasteiger partial charge is 0.324 e. The Labute approximate surface area is 173 Å². The highest BCUT2D eigenvalue weighted by molar-refractivity contribution is 8.15. The molecule has 2 atom stereocenters. The summed E-state index contributed by atoms with van der Waals surface area (Å²) in [7, 11) is -3.05. The Kier molecular flexibility index (Phi) is 5.35. The summed E-state index contributed by atoms with van der Waals surface area (Å²) in [5.74, 6) is -0.545. The number of halogens is 1. The SMILES string of the molecule is Cc1ccc(NC(=O)CN(C2=N[C@@H]3CS(=O)(=O)C[C@H]3S2)c2ccccc2)cc1F. The minimum absolute atomic E-state index is 0.0163. The first-order chi connectivity index (χ1) is 13.8. The molecule has 2 aliphatic rings. The van der Waals surface area contributed by atoms with Crippen LogP contribution in [0.1, 0.15) is 5.56 Å². The maximum atomic E-state index is 13.8. The molecule has 2 aliphatic heterocycles. The topological polar surface area (TPSA) is 78.8 Å². The second-order valence-electron chi connectivity index (χ2n) is 7.15. The van der Waals surface area contributed by atoms with E-state index in [-0.39, 0.29) is 41.1 Å². The predicted octanol–water partition coefficient (Wildman–Crippen LogP) is 2.85. The molecule has 0 saturated carbocycles. The minimum Gasteiger partial charge on any atom is -0.324 e. The number of aliphatic imine (C=N–C) groups is 1. The average molecular weight is 434 g/mol. The number of amides is 1. The fourth-order valence-corrected chi connectivity index (χ4v) is 7.14. The first-order valence-electron chi connectivity index (χ1n) is 9.14. The van der Waals surface area contributed by atoms with Gasteiger partial charge in [-0.05, 0) is 36.8 Å². The Morgan fingerprint density at radius 1 is 1.24 bits per heavy atom. The third-order valence-corrected chi connectivity index (χ3v) is 8.11. The molecule has 1 N–H and O–H groups in total. The number of rotatable bonds is 4. The van der Waals surface area contributed by atoms with E-state index in [0.29, 0.717) is 16.4 Å². The molecular weight excluding hydrogens is 413 g/mol. The third kappa shape index (κ3) is 4.45. The second-order valence-corrected chi connectivity index (χ2v) is 10.5. The monoisotopic (exact) mass is 433 g/mol. The molecule has 2 aromatic carbocycles. The van der Waals surface area contributed by atoms with Crippen LogP contribution in [-0.4, -0.2) is 48.8 Å². The summed E-state index contributed by atoms with van der Waals surface area (Å²) in [6.45, 7) is 1.64. The lowest BCUT2D eigenvalue weighted by molar-refractivity contribution is -0.114. The van der Waals surface area contributed by atoms with E-state index in [1.807, 2.05) is 30.3 Å². The molecule has 2 heterocycles. The number of para-hydroxylation sites is 1. The number of nitrogens with zero attached hydrogens (tertiary/aromatic N) is 2. The summed E-state index contributed by atoms with van der Waals surface area (Å²) in [4.78, 5) is 19.0. The quantitative estimate of drug-likeness (QED) is 0.802. The highest BCUT2D eigenvalue weighted by atomic mass is 32.2. The Hall–Kier alpha value is -2.39. The van der Waals surface area contributed by atoms with E-state index in [4.69, 9.17) is 0 Å². The van der Waals surface area contributed by atoms with Gasteiger partial charge in [0.25, 0.3) is 0 Å². The van der Waals surface area contributed by atoms with E-state index < -0.39 is 9.84 Å². The van der Waals surface area contributed by atoms with Crippen LogP contribution in [0.5, 0.6) is 0 Å². The molecule has 4 rings (SSSR count). The van der Waals surface area contributed by atoms with Crippen molar-refractivity contribution < 1.29 is 17.6 Å². The zero-order chi connectivity index (χ0) is 20.6. The number of benzene rings is 2. The van der Waals surface area contributed by atoms with Crippen LogP contribution in [0, 0.1) is 12.7 Å². The minimum atomic E-state index is -3.05. The van der Waals surface area contributed by atoms with Crippen molar-refractivity contribution in [2.75, 3.05) is 28.3 Å². The number of sulfone groups is 1. The van der Waals surface area contributed by atoms with Crippen molar-refractivity contribution in [1.82, 2.24) is 0 Å². The van der Waals surface area contributed by atoms with Gasteiger partial charge in [-0.15, -0.1) is 0 Å². The van der Waals surface area contributed by atoms with Gasteiger partial charge in [0.2, 0.25) is 5.91 Å². The number of amidine groups is 1. The summed E-state index contributed by atoms with van der Waals surface area (Å²) in [6.07, 6.45) is 0. The molecule has 152 valence electrons. The molecular formula is C20H20FN3O3S2. The molecule has 0 bridgehead atoms. The van der Waals surface area contributed by atoms with Crippen LogP contribution >= 0.6 is 11.8 Å². The first-order valence-corrected chi connectivity index (χ1v) is 11.8. The molecule has 1 fully saturated rings. The summed E-state index contributed by atoms with van der Waals surface area (Å²) in [6, 6.07) is 13.6. The maximum Gasteiger partial charge on any atom is 0.244 e. The predicted molar refractivity (Wildman–Crippen MR) is 115 cm³/mol. The molecule has 29 heavy (non-hydrogen) atoms. The van der Waals surface area contributed by atoms with Gasteiger partial charge in [0.1, 0.15) is 12.4 Å². The number of thioether (sulfide) groups is 1. The zero-order valence-electron chi connectivity index (χ0n) is 15.7. The molecule has 0 aromatic heterocycles. The number of nitrogens with one attached hydrogen (secondary N) is 1. The molecule has 9 heteroatoms. The molecule has 1 saturated heterocycles. The molecule has 2 aromatic rings. The van der Waals surface area contributed by atoms with Gasteiger partial charge < -0.3 is 10.2 Å². The van der Waals surface area contributed by atoms with Crippen LogP contribution in [-0.2, 0) is 14.6 Å². The zero-order valence-corrected chi connectivity index (χ0v) is 17.3. The van der Waals surface area contributed by atoms with Crippen LogP contribution < -0.4 is 10.2 Å². The lowest BCUT2D eigenvalue weighted by Gasteiger charge is -2.24. The van der Waals surface area contributed by atoms with E-state index in [9.17, 15) is 17.6 Å². The Morgan fingerprint density at radius 2 is 2.00 bits per heavy atom. The van der Waals surface area contributed by atoms with E-state index in [2.05, 4.69) is 10.3 Å². The lowest BCUT2D eigenvalue weighted by atomic mass is 10.2. The number of anilines is 2. The molecule has 0 spiro atoms. The van der Waals surface area contributed by atoms with Crippen molar-refractivity contribution in [2.45, 2.75) is 18.2 Å². The van der Waals surface area contributed by atoms with Gasteiger partial charge >= 0.3 is 0 Å². The van der Waals surface area contributed by atoms with Crippen LogP contribution in [0.4, 0.5) is 15.8 Å². The van der Waals surface area contributed by atoms with Crippen molar-refractivity contribution in [3.63, 3.8) is 0 Å². The normalized spacial score (nSPS) is 22.1. The van der Waals surface area contributed by atoms with Crippen LogP contribution in [0.2, 0.25) is 0 Å². The number of hydrogen-bond acceptors (Lipinski definition) is 6. The van der Waals surface area contributed by atoms with Gasteiger partial charge in [0, 0.05) is 16.6 Å². The Bertz CT molecular complexity index is 1070. The van der Waals surface area contributed by atoms with Gasteiger partial charge in [-0.2, -0.15) is 0 Å². The number of aryl methyl sites for hydroxylation is 1. The van der Waals surface area contributed by atoms with Crippen molar-refractivity contribution in [1.29, 1.82) is 0 Å². The number of carbonyl (C=O) groups excluding carboxylic acids is 1. The van der Waals surface area contributed by atoms with Gasteiger partial charge in [0.05, 0.1) is 17.5 Å². The number of fused-ring (bicyclic) bond motifs is 1. The van der Waals surface area contributed by atoms with Crippen LogP contribution in [0.15, 0.2) is 53.5 Å². The second kappa shape index (κ2) is 7.79. The lowest BCUT2D eigenvalue weighted by Crippen LogP contribution is -2.36. The van der Waals surface area contributed by atoms with E-state index in [1.54, 1.807) is 24.0 Å². The fourth-order valence-electron chi connectivity index (χ4n) is 3.36. The summed E-state index contributed by atoms with van der Waals surface area (Å²) >= 11 is 1.40. The van der Waals surface area contributed by atoms with E-state index >= 15 is 0 Å². The smallest absolute Gasteiger partial charge is 0.244 e. The fraction of sp³-hybridized carbons (Fsp3) is 0.300. The summed E-state index contributed by atoms with van der Waals surface area (Å²) in [5.41, 5.74) is 1.68. The highest BCUT2D eigenvalue weighted by Gasteiger charge is 2.44. The molecule has 6 nitrogen and oxygen atoms in total. The standard InChI is InChI=1S/C20H20FN3O3S2/c1-13-7-8-14(9-16(13)21)22-19(25)10-24(15-5-3-2-4-6-15)20-23-17-11-29(26,27)12-18(17)28-20/h2-9,17-18H,10-12H2,1H3,(H,22,25)/t17-,18-/m1/s1. The third-order valence-electron chi connectivity index (χ3n) is 4.86. The van der Waals surface area contributed by atoms with E-state index in [0.717, 1.165) is 5.69 Å². The molecule has 1 amide bonds. The van der Waals surface area contributed by atoms with Gasteiger partial charge in [-0.1, -0.05) is 36.0 Å². The number of hydrogen-bond donors (Lipinski definition) is 1.